The number of fused-ring (bicyclic) bond motifs is 2. The zero-order valence-corrected chi connectivity index (χ0v) is 18.6. The zero-order chi connectivity index (χ0) is 24.3. The lowest BCUT2D eigenvalue weighted by molar-refractivity contribution is -0.125. The summed E-state index contributed by atoms with van der Waals surface area (Å²) in [6.07, 6.45) is 6.71. The normalized spacial score (nSPS) is 17.7. The molecule has 1 saturated carbocycles. The van der Waals surface area contributed by atoms with E-state index in [2.05, 4.69) is 38.5 Å². The first kappa shape index (κ1) is 21.2. The van der Waals surface area contributed by atoms with Crippen LogP contribution in [-0.4, -0.2) is 53.2 Å². The Kier molecular flexibility index (Phi) is 4.77. The van der Waals surface area contributed by atoms with Gasteiger partial charge >= 0.3 is 0 Å². The first-order valence-electron chi connectivity index (χ1n) is 11.2. The average Bonchev–Trinajstić information content (AvgIpc) is 3.26. The van der Waals surface area contributed by atoms with E-state index in [1.165, 1.54) is 24.8 Å². The van der Waals surface area contributed by atoms with E-state index < -0.39 is 11.6 Å². The Morgan fingerprint density at radius 1 is 1.17 bits per heavy atom. The summed E-state index contributed by atoms with van der Waals surface area (Å²) >= 11 is 0. The van der Waals surface area contributed by atoms with E-state index in [0.717, 1.165) is 12.8 Å². The summed E-state index contributed by atoms with van der Waals surface area (Å²) in [6.45, 7) is 4.49. The molecule has 2 N–H and O–H groups in total. The number of nitrogen functional groups attached to an aromatic ring is 1. The third kappa shape index (κ3) is 3.41. The van der Waals surface area contributed by atoms with Crippen molar-refractivity contribution in [2.45, 2.75) is 31.3 Å². The monoisotopic (exact) mass is 474 g/mol. The number of amides is 1. The molecule has 4 aromatic rings. The molecule has 1 atom stereocenters. The van der Waals surface area contributed by atoms with E-state index >= 15 is 4.39 Å². The molecule has 1 aliphatic carbocycles. The second-order valence-electron chi connectivity index (χ2n) is 8.73. The molecule has 2 aliphatic rings. The van der Waals surface area contributed by atoms with Gasteiger partial charge in [0, 0.05) is 25.2 Å². The van der Waals surface area contributed by atoms with Gasteiger partial charge in [-0.15, -0.1) is 0 Å². The minimum Gasteiger partial charge on any atom is -0.383 e. The van der Waals surface area contributed by atoms with Crippen molar-refractivity contribution in [3.05, 3.63) is 54.3 Å². The van der Waals surface area contributed by atoms with Crippen LogP contribution in [0.25, 0.3) is 22.1 Å². The number of nitrogens with zero attached hydrogens (tertiary/aromatic N) is 7. The highest BCUT2D eigenvalue weighted by molar-refractivity contribution is 5.91. The van der Waals surface area contributed by atoms with Crippen LogP contribution >= 0.6 is 0 Å². The van der Waals surface area contributed by atoms with Crippen molar-refractivity contribution in [2.24, 2.45) is 0 Å². The molecule has 4 heterocycles. The molecule has 1 aliphatic heterocycles. The SMILES string of the molecule is C=CC(=O)N1CCC(n2nc(C#Cc3c(F)cc4c(ncn4C4CC4)c3F)c3c(N)ncnc32)C1. The third-order valence-corrected chi connectivity index (χ3v) is 6.52. The summed E-state index contributed by atoms with van der Waals surface area (Å²) in [5.41, 5.74) is 6.85. The summed E-state index contributed by atoms with van der Waals surface area (Å²) in [6, 6.07) is 1.34. The number of imidazole rings is 1. The van der Waals surface area contributed by atoms with Gasteiger partial charge in [-0.25, -0.2) is 28.4 Å². The van der Waals surface area contributed by atoms with E-state index in [1.807, 2.05) is 0 Å². The minimum atomic E-state index is -0.811. The molecule has 0 bridgehead atoms. The number of rotatable bonds is 3. The molecule has 0 spiro atoms. The van der Waals surface area contributed by atoms with Gasteiger partial charge in [0.05, 0.1) is 28.8 Å². The molecular weight excluding hydrogens is 454 g/mol. The number of hydrogen-bond donors (Lipinski definition) is 1. The van der Waals surface area contributed by atoms with E-state index in [4.69, 9.17) is 5.73 Å². The van der Waals surface area contributed by atoms with Gasteiger partial charge in [-0.1, -0.05) is 12.5 Å². The fourth-order valence-electron chi connectivity index (χ4n) is 4.59. The second-order valence-corrected chi connectivity index (χ2v) is 8.73. The Morgan fingerprint density at radius 2 is 2.00 bits per heavy atom. The number of carbonyl (C=O) groups excluding carboxylic acids is 1. The molecule has 0 radical (unpaired) electrons. The molecule has 2 fully saturated rings. The molecule has 9 nitrogen and oxygen atoms in total. The lowest BCUT2D eigenvalue weighted by Gasteiger charge is -2.14. The topological polar surface area (TPSA) is 108 Å². The van der Waals surface area contributed by atoms with Crippen LogP contribution in [-0.2, 0) is 4.79 Å². The van der Waals surface area contributed by atoms with Gasteiger partial charge in [-0.3, -0.25) is 4.79 Å². The summed E-state index contributed by atoms with van der Waals surface area (Å²) in [4.78, 5) is 26.2. The van der Waals surface area contributed by atoms with Crippen molar-refractivity contribution >= 4 is 33.8 Å². The van der Waals surface area contributed by atoms with Gasteiger partial charge in [0.1, 0.15) is 29.2 Å². The summed E-state index contributed by atoms with van der Waals surface area (Å²) < 4.78 is 33.6. The Hall–Kier alpha value is -4.33. The molecule has 11 heteroatoms. The minimum absolute atomic E-state index is 0.0822. The molecule has 1 saturated heterocycles. The van der Waals surface area contributed by atoms with E-state index in [9.17, 15) is 9.18 Å². The average molecular weight is 474 g/mol. The van der Waals surface area contributed by atoms with E-state index in [-0.39, 0.29) is 40.6 Å². The number of anilines is 1. The maximum atomic E-state index is 15.2. The van der Waals surface area contributed by atoms with Crippen molar-refractivity contribution in [3.8, 4) is 11.8 Å². The van der Waals surface area contributed by atoms with Crippen molar-refractivity contribution in [1.29, 1.82) is 0 Å². The standard InChI is InChI=1S/C24H20F2N8O/c1-2-19(35)32-8-7-14(10-32)34-24-20(23(27)28-11-29-24)17(31-34)6-5-15-16(25)9-18-22(21(15)26)30-12-33(18)13-3-4-13/h2,9,11-14H,1,3-4,7-8,10H2,(H2,27,28,29). The van der Waals surface area contributed by atoms with Crippen molar-refractivity contribution in [3.63, 3.8) is 0 Å². The third-order valence-electron chi connectivity index (χ3n) is 6.52. The van der Waals surface area contributed by atoms with Crippen LogP contribution in [0.5, 0.6) is 0 Å². The number of carbonyl (C=O) groups is 1. The number of likely N-dealkylation sites (tertiary alicyclic amines) is 1. The Balaban J connectivity index is 1.42. The fraction of sp³-hybridized carbons (Fsp3) is 0.292. The fourth-order valence-corrected chi connectivity index (χ4v) is 4.59. The maximum absolute atomic E-state index is 15.2. The van der Waals surface area contributed by atoms with Gasteiger partial charge < -0.3 is 15.2 Å². The predicted octanol–water partition coefficient (Wildman–Crippen LogP) is 2.73. The second kappa shape index (κ2) is 7.87. The van der Waals surface area contributed by atoms with Crippen LogP contribution in [0, 0.1) is 23.5 Å². The number of aromatic nitrogens is 6. The van der Waals surface area contributed by atoms with Gasteiger partial charge in [-0.05, 0) is 31.3 Å². The highest BCUT2D eigenvalue weighted by Crippen LogP contribution is 2.38. The van der Waals surface area contributed by atoms with E-state index in [1.54, 1.807) is 14.1 Å². The lowest BCUT2D eigenvalue weighted by atomic mass is 10.1. The molecule has 35 heavy (non-hydrogen) atoms. The Morgan fingerprint density at radius 3 is 2.77 bits per heavy atom. The molecule has 1 amide bonds. The van der Waals surface area contributed by atoms with Crippen LogP contribution in [0.1, 0.15) is 42.6 Å². The quantitative estimate of drug-likeness (QED) is 0.361. The summed E-state index contributed by atoms with van der Waals surface area (Å²) in [7, 11) is 0. The summed E-state index contributed by atoms with van der Waals surface area (Å²) in [5, 5.41) is 4.95. The number of hydrogen-bond acceptors (Lipinski definition) is 6. The highest BCUT2D eigenvalue weighted by Gasteiger charge is 2.30. The summed E-state index contributed by atoms with van der Waals surface area (Å²) in [5.74, 6) is 3.77. The number of benzene rings is 1. The van der Waals surface area contributed by atoms with Crippen molar-refractivity contribution < 1.29 is 13.6 Å². The number of nitrogens with two attached hydrogens (primary N) is 1. The first-order valence-corrected chi connectivity index (χ1v) is 11.2. The van der Waals surface area contributed by atoms with Crippen LogP contribution in [0.15, 0.2) is 31.4 Å². The van der Waals surface area contributed by atoms with Crippen molar-refractivity contribution in [1.82, 2.24) is 34.2 Å². The largest absolute Gasteiger partial charge is 0.383 e. The van der Waals surface area contributed by atoms with Gasteiger partial charge in [0.25, 0.3) is 0 Å². The predicted molar refractivity (Wildman–Crippen MR) is 124 cm³/mol. The van der Waals surface area contributed by atoms with Gasteiger partial charge in [0.2, 0.25) is 5.91 Å². The maximum Gasteiger partial charge on any atom is 0.246 e. The molecule has 6 rings (SSSR count). The van der Waals surface area contributed by atoms with Gasteiger partial charge in [-0.2, -0.15) is 5.10 Å². The van der Waals surface area contributed by atoms with E-state index in [0.29, 0.717) is 36.1 Å². The smallest absolute Gasteiger partial charge is 0.246 e. The Bertz CT molecular complexity index is 1590. The molecule has 176 valence electrons. The van der Waals surface area contributed by atoms with Crippen LogP contribution in [0.2, 0.25) is 0 Å². The van der Waals surface area contributed by atoms with Gasteiger partial charge in [0.15, 0.2) is 11.5 Å². The van der Waals surface area contributed by atoms with Crippen molar-refractivity contribution in [2.75, 3.05) is 18.8 Å². The first-order chi connectivity index (χ1) is 17.0. The van der Waals surface area contributed by atoms with Crippen LogP contribution in [0.3, 0.4) is 0 Å². The molecular formula is C24H20F2N8O. The molecule has 3 aromatic heterocycles. The lowest BCUT2D eigenvalue weighted by Crippen LogP contribution is -2.27. The highest BCUT2D eigenvalue weighted by atomic mass is 19.1. The number of halogens is 2. The molecule has 1 unspecified atom stereocenters. The molecule has 1 aromatic carbocycles. The zero-order valence-electron chi connectivity index (χ0n) is 18.6. The van der Waals surface area contributed by atoms with Crippen LogP contribution in [0.4, 0.5) is 14.6 Å². The van der Waals surface area contributed by atoms with Crippen LogP contribution < -0.4 is 5.73 Å². The Labute approximate surface area is 198 Å².